The molecule has 0 N–H and O–H groups in total. The summed E-state index contributed by atoms with van der Waals surface area (Å²) in [6.45, 7) is 11.5. The lowest BCUT2D eigenvalue weighted by atomic mass is 10.5. The van der Waals surface area contributed by atoms with E-state index in [0.717, 1.165) is 10.6 Å². The Balaban J connectivity index is 0.000000371. The average molecular weight is 137 g/mol. The molecule has 0 aliphatic carbocycles. The minimum absolute atomic E-state index is 0.991. The van der Waals surface area contributed by atoms with Crippen LogP contribution in [0.1, 0.15) is 13.8 Å². The van der Waals surface area contributed by atoms with Gasteiger partial charge in [0.25, 0.3) is 0 Å². The summed E-state index contributed by atoms with van der Waals surface area (Å²) in [4.78, 5) is 0. The molecule has 10 heavy (non-hydrogen) atoms. The Bertz CT molecular complexity index is 269. The molecule has 0 unspecified atom stereocenters. The van der Waals surface area contributed by atoms with E-state index in [1.807, 2.05) is 37.7 Å². The van der Waals surface area contributed by atoms with E-state index in [9.17, 15) is 0 Å². The van der Waals surface area contributed by atoms with E-state index >= 15 is 0 Å². The van der Waals surface area contributed by atoms with E-state index in [1.54, 1.807) is 0 Å². The van der Waals surface area contributed by atoms with E-state index in [2.05, 4.69) is 13.2 Å². The fourth-order valence-corrected chi connectivity index (χ4v) is 0.614. The third-order valence-corrected chi connectivity index (χ3v) is 1.30. The lowest BCUT2D eigenvalue weighted by Crippen LogP contribution is -2.23. The zero-order valence-corrected chi connectivity index (χ0v) is 7.02. The molecule has 0 amide bonds. The summed E-state index contributed by atoms with van der Waals surface area (Å²) in [6.07, 6.45) is 1.95. The van der Waals surface area contributed by atoms with E-state index < -0.39 is 0 Å². The second-order valence-corrected chi connectivity index (χ2v) is 1.90. The van der Waals surface area contributed by atoms with Gasteiger partial charge in [-0.1, -0.05) is 27.0 Å². The lowest BCUT2D eigenvalue weighted by molar-refractivity contribution is 0.891. The topological polar surface area (TPSA) is 4.93 Å². The van der Waals surface area contributed by atoms with Crippen molar-refractivity contribution in [1.82, 2.24) is 4.57 Å². The Morgan fingerprint density at radius 2 is 1.80 bits per heavy atom. The SMILES string of the molecule is C=c1ccn(C)c1=C.CC. The highest BCUT2D eigenvalue weighted by Crippen LogP contribution is 1.63. The molecular weight excluding hydrogens is 122 g/mol. The molecule has 1 heteroatoms. The second kappa shape index (κ2) is 3.94. The van der Waals surface area contributed by atoms with E-state index in [4.69, 9.17) is 0 Å². The Morgan fingerprint density at radius 3 is 1.90 bits per heavy atom. The van der Waals surface area contributed by atoms with Gasteiger partial charge in [0, 0.05) is 18.6 Å². The van der Waals surface area contributed by atoms with Crippen LogP contribution in [0.4, 0.5) is 0 Å². The fourth-order valence-electron chi connectivity index (χ4n) is 0.614. The Kier molecular flexibility index (Phi) is 3.55. The molecule has 1 nitrogen and oxygen atoms in total. The fraction of sp³-hybridized carbons (Fsp3) is 0.333. The van der Waals surface area contributed by atoms with Crippen molar-refractivity contribution in [2.24, 2.45) is 7.05 Å². The normalized spacial score (nSPS) is 8.30. The summed E-state index contributed by atoms with van der Waals surface area (Å²) in [5, 5.41) is 2.00. The highest BCUT2D eigenvalue weighted by atomic mass is 14.9. The maximum absolute atomic E-state index is 3.78. The molecule has 0 spiro atoms. The van der Waals surface area contributed by atoms with Gasteiger partial charge < -0.3 is 4.57 Å². The van der Waals surface area contributed by atoms with E-state index in [-0.39, 0.29) is 0 Å². The first-order chi connectivity index (χ1) is 4.72. The maximum Gasteiger partial charge on any atom is 0.0398 e. The largest absolute Gasteiger partial charge is 0.351 e. The number of hydrogen-bond donors (Lipinski definition) is 0. The zero-order chi connectivity index (χ0) is 8.15. The smallest absolute Gasteiger partial charge is 0.0398 e. The minimum Gasteiger partial charge on any atom is -0.351 e. The highest BCUT2D eigenvalue weighted by molar-refractivity contribution is 5.10. The molecule has 0 aromatic carbocycles. The van der Waals surface area contributed by atoms with Crippen molar-refractivity contribution in [1.29, 1.82) is 0 Å². The predicted molar refractivity (Wildman–Crippen MR) is 47.1 cm³/mol. The number of hydrogen-bond acceptors (Lipinski definition) is 0. The lowest BCUT2D eigenvalue weighted by Gasteiger charge is -1.83. The van der Waals surface area contributed by atoms with Gasteiger partial charge in [0.2, 0.25) is 0 Å². The molecule has 0 aliphatic rings. The van der Waals surface area contributed by atoms with Gasteiger partial charge in [-0.15, -0.1) is 0 Å². The molecule has 1 aromatic heterocycles. The van der Waals surface area contributed by atoms with E-state index in [1.165, 1.54) is 0 Å². The highest BCUT2D eigenvalue weighted by Gasteiger charge is 1.80. The number of nitrogens with zero attached hydrogens (tertiary/aromatic N) is 1. The van der Waals surface area contributed by atoms with Gasteiger partial charge in [0.15, 0.2) is 0 Å². The Morgan fingerprint density at radius 1 is 1.30 bits per heavy atom. The average Bonchev–Trinajstić information content (AvgIpc) is 2.25. The van der Waals surface area contributed by atoms with Gasteiger partial charge in [-0.25, -0.2) is 0 Å². The predicted octanol–water partition coefficient (Wildman–Crippen LogP) is 0.872. The van der Waals surface area contributed by atoms with Crippen molar-refractivity contribution in [2.75, 3.05) is 0 Å². The molecule has 0 aliphatic heterocycles. The number of rotatable bonds is 0. The van der Waals surface area contributed by atoms with E-state index in [0.29, 0.717) is 0 Å². The summed E-state index contributed by atoms with van der Waals surface area (Å²) >= 11 is 0. The van der Waals surface area contributed by atoms with Gasteiger partial charge in [-0.3, -0.25) is 0 Å². The van der Waals surface area contributed by atoms with Crippen molar-refractivity contribution in [3.8, 4) is 0 Å². The molecule has 1 aromatic rings. The van der Waals surface area contributed by atoms with Crippen molar-refractivity contribution in [3.05, 3.63) is 22.8 Å². The van der Waals surface area contributed by atoms with Crippen LogP contribution in [0.25, 0.3) is 13.2 Å². The molecule has 0 fully saturated rings. The van der Waals surface area contributed by atoms with Crippen LogP contribution in [0.3, 0.4) is 0 Å². The third kappa shape index (κ3) is 1.76. The summed E-state index contributed by atoms with van der Waals surface area (Å²) in [6, 6.07) is 1.95. The zero-order valence-electron chi connectivity index (χ0n) is 7.02. The quantitative estimate of drug-likeness (QED) is 0.500. The molecular formula is C9H15N. The summed E-state index contributed by atoms with van der Waals surface area (Å²) in [5.74, 6) is 0. The van der Waals surface area contributed by atoms with Gasteiger partial charge in [-0.05, 0) is 11.3 Å². The molecule has 0 saturated heterocycles. The van der Waals surface area contributed by atoms with Gasteiger partial charge in [0.1, 0.15) is 0 Å². The van der Waals surface area contributed by atoms with Crippen LogP contribution in [0.15, 0.2) is 12.3 Å². The third-order valence-electron chi connectivity index (χ3n) is 1.30. The summed E-state index contributed by atoms with van der Waals surface area (Å²) in [5.41, 5.74) is 0. The maximum atomic E-state index is 3.78. The first kappa shape index (κ1) is 9.02. The molecule has 0 bridgehead atoms. The second-order valence-electron chi connectivity index (χ2n) is 1.90. The molecule has 1 rings (SSSR count). The number of aryl methyl sites for hydroxylation is 1. The molecule has 1 heterocycles. The molecule has 0 radical (unpaired) electrons. The Hall–Kier alpha value is -0.980. The van der Waals surface area contributed by atoms with Crippen molar-refractivity contribution in [3.63, 3.8) is 0 Å². The molecule has 56 valence electrons. The number of aromatic nitrogens is 1. The summed E-state index contributed by atoms with van der Waals surface area (Å²) in [7, 11) is 1.96. The van der Waals surface area contributed by atoms with Gasteiger partial charge in [0.05, 0.1) is 0 Å². The van der Waals surface area contributed by atoms with Gasteiger partial charge >= 0.3 is 0 Å². The molecule has 0 saturated carbocycles. The van der Waals surface area contributed by atoms with Crippen LogP contribution < -0.4 is 10.6 Å². The minimum atomic E-state index is 0.991. The van der Waals surface area contributed by atoms with Crippen LogP contribution in [0, 0.1) is 0 Å². The van der Waals surface area contributed by atoms with Crippen molar-refractivity contribution in [2.45, 2.75) is 13.8 Å². The van der Waals surface area contributed by atoms with Gasteiger partial charge in [-0.2, -0.15) is 0 Å². The van der Waals surface area contributed by atoms with Crippen LogP contribution in [-0.4, -0.2) is 4.57 Å². The van der Waals surface area contributed by atoms with Crippen LogP contribution in [-0.2, 0) is 7.05 Å². The van der Waals surface area contributed by atoms with Crippen molar-refractivity contribution >= 4 is 13.2 Å². The van der Waals surface area contributed by atoms with Crippen LogP contribution in [0.2, 0.25) is 0 Å². The van der Waals surface area contributed by atoms with Crippen molar-refractivity contribution < 1.29 is 0 Å². The standard InChI is InChI=1S/C7H9N.C2H6/c1-6-4-5-8(3)7(6)2;1-2/h4-5H,1-2H2,3H3;1-2H3. The monoisotopic (exact) mass is 137 g/mol. The van der Waals surface area contributed by atoms with Crippen LogP contribution in [0.5, 0.6) is 0 Å². The first-order valence-electron chi connectivity index (χ1n) is 3.51. The van der Waals surface area contributed by atoms with Crippen LogP contribution >= 0.6 is 0 Å². The summed E-state index contributed by atoms with van der Waals surface area (Å²) < 4.78 is 1.95. The Labute approximate surface area is 62.3 Å². The first-order valence-corrected chi connectivity index (χ1v) is 3.51. The molecule has 0 atom stereocenters.